The van der Waals surface area contributed by atoms with Gasteiger partial charge >= 0.3 is 105 Å². The van der Waals surface area contributed by atoms with Gasteiger partial charge in [0.1, 0.15) is 0 Å². The molecule has 0 aliphatic rings. The van der Waals surface area contributed by atoms with Crippen molar-refractivity contribution in [2.75, 3.05) is 0 Å². The summed E-state index contributed by atoms with van der Waals surface area (Å²) in [5.74, 6) is 0. The van der Waals surface area contributed by atoms with Crippen molar-refractivity contribution in [3.63, 3.8) is 0 Å². The first-order valence-electron chi connectivity index (χ1n) is 0. The van der Waals surface area contributed by atoms with Crippen molar-refractivity contribution in [3.05, 3.63) is 0 Å². The maximum absolute atomic E-state index is 0. The minimum atomic E-state index is 0. The van der Waals surface area contributed by atoms with Gasteiger partial charge in [0.05, 0.1) is 0 Å². The van der Waals surface area contributed by atoms with Crippen LogP contribution in [-0.4, -0.2) is 105 Å². The molecule has 0 saturated carbocycles. The summed E-state index contributed by atoms with van der Waals surface area (Å²) in [5, 5.41) is 0. The van der Waals surface area contributed by atoms with E-state index in [0.29, 0.717) is 0 Å². The van der Waals surface area contributed by atoms with Gasteiger partial charge in [0.2, 0.25) is 0 Å². The fourth-order valence-corrected chi connectivity index (χ4v) is 0. The van der Waals surface area contributed by atoms with E-state index in [1.165, 1.54) is 0 Å². The zero-order valence-electron chi connectivity index (χ0n) is 0. The molecule has 0 fully saturated rings. The fraction of sp³-hybridized carbons (Fsp3) is 0. The predicted molar refractivity (Wildman–Crippen MR) is 37.0 cm³/mol. The number of rotatable bonds is 0. The average molecular weight is 201 g/mol. The standard InChI is InChI=1S/2GeH4.K.Li.2H/h2*1H4;;;;. The first kappa shape index (κ1) is 26.5. The Morgan fingerprint density at radius 1 is 0.750 bits per heavy atom. The third-order valence-corrected chi connectivity index (χ3v) is 0. The Labute approximate surface area is 103 Å². The molecule has 0 amide bonds. The summed E-state index contributed by atoms with van der Waals surface area (Å²) < 4.78 is 0. The van der Waals surface area contributed by atoms with Crippen LogP contribution in [0.5, 0.6) is 0 Å². The molecule has 0 aliphatic heterocycles. The molecule has 0 aliphatic carbocycles. The summed E-state index contributed by atoms with van der Waals surface area (Å²) >= 11 is 0. The molecule has 0 rings (SSSR count). The van der Waals surface area contributed by atoms with Gasteiger partial charge in [0.15, 0.2) is 0 Å². The first-order chi connectivity index (χ1) is 0. The van der Waals surface area contributed by atoms with Crippen molar-refractivity contribution in [1.29, 1.82) is 0 Å². The van der Waals surface area contributed by atoms with Crippen LogP contribution < -0.4 is 0 Å². The molecule has 4 heteroatoms. The SMILES string of the molecule is [GeH4].[GeH4].[KH].[LiH]. The summed E-state index contributed by atoms with van der Waals surface area (Å²) in [5.41, 5.74) is 0. The zero-order chi connectivity index (χ0) is 0. The third-order valence-electron chi connectivity index (χ3n) is 0. The van der Waals surface area contributed by atoms with Gasteiger partial charge in [-0.1, -0.05) is 0 Å². The van der Waals surface area contributed by atoms with Crippen LogP contribution in [0.2, 0.25) is 0 Å². The van der Waals surface area contributed by atoms with Crippen LogP contribution in [0, 0.1) is 0 Å². The van der Waals surface area contributed by atoms with Crippen molar-refractivity contribution < 1.29 is 0 Å². The molecule has 0 saturated heterocycles. The van der Waals surface area contributed by atoms with Crippen LogP contribution in [0.3, 0.4) is 0 Å². The first-order valence-corrected chi connectivity index (χ1v) is 0. The molecule has 20 valence electrons. The van der Waals surface area contributed by atoms with Crippen LogP contribution in [0.15, 0.2) is 0 Å². The second-order valence-corrected chi connectivity index (χ2v) is 0. The second kappa shape index (κ2) is 16.2. The quantitative estimate of drug-likeness (QED) is 0.349. The molecular weight excluding hydrogens is 191 g/mol. The van der Waals surface area contributed by atoms with Crippen LogP contribution in [0.25, 0.3) is 0 Å². The summed E-state index contributed by atoms with van der Waals surface area (Å²) in [4.78, 5) is 0. The fourth-order valence-electron chi connectivity index (χ4n) is 0. The molecule has 0 aromatic heterocycles. The van der Waals surface area contributed by atoms with Gasteiger partial charge in [-0.05, 0) is 0 Å². The number of hydrogen-bond donors (Lipinski definition) is 0. The molecule has 0 atom stereocenters. The topological polar surface area (TPSA) is 0 Å². The van der Waals surface area contributed by atoms with E-state index in [1.807, 2.05) is 0 Å². The Morgan fingerprint density at radius 2 is 0.750 bits per heavy atom. The van der Waals surface area contributed by atoms with Crippen LogP contribution >= 0.6 is 0 Å². The van der Waals surface area contributed by atoms with Crippen molar-refractivity contribution in [1.82, 2.24) is 0 Å². The summed E-state index contributed by atoms with van der Waals surface area (Å²) in [7, 11) is 0. The second-order valence-electron chi connectivity index (χ2n) is 0. The molecule has 0 bridgehead atoms. The van der Waals surface area contributed by atoms with E-state index in [2.05, 4.69) is 0 Å². The third kappa shape index (κ3) is 9.01. The van der Waals surface area contributed by atoms with Gasteiger partial charge in [0.25, 0.3) is 0 Å². The molecule has 0 aromatic carbocycles. The Bertz CT molecular complexity index is 6.00. The van der Waals surface area contributed by atoms with Crippen LogP contribution in [0.4, 0.5) is 0 Å². The minimum absolute atomic E-state index is 0. The van der Waals surface area contributed by atoms with Crippen molar-refractivity contribution in [2.45, 2.75) is 0 Å². The Hall–Kier alpha value is 3.32. The monoisotopic (exact) mass is 204 g/mol. The maximum atomic E-state index is 0. The van der Waals surface area contributed by atoms with Gasteiger partial charge in [-0.3, -0.25) is 0 Å². The molecule has 0 radical (unpaired) electrons. The molecule has 0 spiro atoms. The number of hydrogen-bond acceptors (Lipinski definition) is 0. The Kier molecular flexibility index (Phi) is 108. The van der Waals surface area contributed by atoms with Gasteiger partial charge in [-0.25, -0.2) is 0 Å². The average Bonchev–Trinajstić information content (AvgIpc) is 0. The van der Waals surface area contributed by atoms with E-state index >= 15 is 0 Å². The van der Waals surface area contributed by atoms with E-state index in [4.69, 9.17) is 0 Å². The molecule has 0 N–H and O–H groups in total. The Morgan fingerprint density at radius 3 is 0.750 bits per heavy atom. The van der Waals surface area contributed by atoms with E-state index in [0.717, 1.165) is 0 Å². The van der Waals surface area contributed by atoms with E-state index in [1.54, 1.807) is 0 Å². The van der Waals surface area contributed by atoms with E-state index < -0.39 is 0 Å². The molecular formula is H10Ge2KLi. The van der Waals surface area contributed by atoms with Crippen molar-refractivity contribution in [2.24, 2.45) is 0 Å². The van der Waals surface area contributed by atoms with Crippen LogP contribution in [0.1, 0.15) is 0 Å². The zero-order valence-corrected chi connectivity index (χ0v) is 0. The normalized spacial score (nSPS) is 0. The van der Waals surface area contributed by atoms with Crippen LogP contribution in [-0.2, 0) is 0 Å². The van der Waals surface area contributed by atoms with E-state index in [-0.39, 0.29) is 105 Å². The van der Waals surface area contributed by atoms with Gasteiger partial charge in [-0.15, -0.1) is 0 Å². The predicted octanol–water partition coefficient (Wildman–Crippen LogP) is -4.20. The molecule has 0 nitrogen and oxygen atoms in total. The molecule has 0 heterocycles. The molecule has 0 unspecified atom stereocenters. The van der Waals surface area contributed by atoms with E-state index in [9.17, 15) is 0 Å². The van der Waals surface area contributed by atoms with Crippen molar-refractivity contribution in [3.8, 4) is 0 Å². The summed E-state index contributed by atoms with van der Waals surface area (Å²) in [6, 6.07) is 0. The van der Waals surface area contributed by atoms with Gasteiger partial charge in [-0.2, -0.15) is 0 Å². The summed E-state index contributed by atoms with van der Waals surface area (Å²) in [6.45, 7) is 0. The molecule has 4 heavy (non-hydrogen) atoms. The summed E-state index contributed by atoms with van der Waals surface area (Å²) in [6.07, 6.45) is 0. The van der Waals surface area contributed by atoms with Gasteiger partial charge < -0.3 is 0 Å². The van der Waals surface area contributed by atoms with Gasteiger partial charge in [0, 0.05) is 0 Å². The van der Waals surface area contributed by atoms with Crippen molar-refractivity contribution >= 4 is 105 Å². The Balaban J connectivity index is 0. The molecule has 0 aromatic rings.